The maximum atomic E-state index is 12.2. The van der Waals surface area contributed by atoms with E-state index in [2.05, 4.69) is 0 Å². The van der Waals surface area contributed by atoms with Gasteiger partial charge in [0.1, 0.15) is 11.3 Å². The Morgan fingerprint density at radius 3 is 3.20 bits per heavy atom. The summed E-state index contributed by atoms with van der Waals surface area (Å²) in [5.74, 6) is 0.636. The fourth-order valence-electron chi connectivity index (χ4n) is 4.11. The Bertz CT molecular complexity index is 647. The molecule has 2 atom stereocenters. The monoisotopic (exact) mass is 274 g/mol. The van der Waals surface area contributed by atoms with Gasteiger partial charge >= 0.3 is 0 Å². The zero-order valence-corrected chi connectivity index (χ0v) is 10.9. The summed E-state index contributed by atoms with van der Waals surface area (Å²) < 4.78 is 5.67. The fourth-order valence-corrected chi connectivity index (χ4v) is 4.11. The number of carbonyl (C=O) groups excluding carboxylic acids is 1. The molecule has 0 bridgehead atoms. The number of nitro groups is 1. The van der Waals surface area contributed by atoms with Gasteiger partial charge < -0.3 is 9.32 Å². The molecule has 3 heterocycles. The van der Waals surface area contributed by atoms with Gasteiger partial charge in [0.15, 0.2) is 0 Å². The van der Waals surface area contributed by atoms with Crippen LogP contribution in [0.3, 0.4) is 0 Å². The molecule has 1 spiro atoms. The first kappa shape index (κ1) is 11.7. The second kappa shape index (κ2) is 3.71. The van der Waals surface area contributed by atoms with Crippen LogP contribution >= 0.6 is 0 Å². The summed E-state index contributed by atoms with van der Waals surface area (Å²) in [7, 11) is 0. The molecule has 2 aliphatic heterocycles. The third kappa shape index (κ3) is 1.26. The number of hydrogen-bond acceptors (Lipinski definition) is 4. The number of nitrogens with zero attached hydrogens (tertiary/aromatic N) is 2. The molecule has 3 aliphatic rings. The van der Waals surface area contributed by atoms with Gasteiger partial charge in [-0.15, -0.1) is 0 Å². The van der Waals surface area contributed by atoms with Crippen molar-refractivity contribution in [3.63, 3.8) is 0 Å². The van der Waals surface area contributed by atoms with Crippen molar-refractivity contribution in [2.24, 2.45) is 5.92 Å². The lowest BCUT2D eigenvalue weighted by Gasteiger charge is -2.40. The molecular weight excluding hydrogens is 260 g/mol. The van der Waals surface area contributed by atoms with E-state index in [1.807, 2.05) is 11.0 Å². The second-order valence-electron chi connectivity index (χ2n) is 5.73. The molecule has 1 fully saturated rings. The summed E-state index contributed by atoms with van der Waals surface area (Å²) in [5.41, 5.74) is 1.48. The molecular formula is C14H14N2O4. The van der Waals surface area contributed by atoms with E-state index in [0.29, 0.717) is 6.54 Å². The minimum Gasteiger partial charge on any atom is -0.466 e. The quantitative estimate of drug-likeness (QED) is 0.604. The van der Waals surface area contributed by atoms with E-state index in [-0.39, 0.29) is 23.3 Å². The summed E-state index contributed by atoms with van der Waals surface area (Å²) in [5, 5.41) is 10.8. The van der Waals surface area contributed by atoms with Crippen molar-refractivity contribution in [2.45, 2.75) is 24.8 Å². The van der Waals surface area contributed by atoms with E-state index in [9.17, 15) is 14.9 Å². The zero-order chi connectivity index (χ0) is 13.9. The van der Waals surface area contributed by atoms with Gasteiger partial charge in [-0.1, -0.05) is 0 Å². The molecule has 0 N–H and O–H groups in total. The van der Waals surface area contributed by atoms with Crippen molar-refractivity contribution in [1.29, 1.82) is 0 Å². The largest absolute Gasteiger partial charge is 0.466 e. The molecule has 20 heavy (non-hydrogen) atoms. The first-order chi connectivity index (χ1) is 9.63. The van der Waals surface area contributed by atoms with Crippen molar-refractivity contribution in [3.05, 3.63) is 45.4 Å². The van der Waals surface area contributed by atoms with E-state index in [0.717, 1.165) is 36.2 Å². The summed E-state index contributed by atoms with van der Waals surface area (Å²) in [4.78, 5) is 24.6. The van der Waals surface area contributed by atoms with Crippen molar-refractivity contribution in [3.8, 4) is 0 Å². The molecule has 4 rings (SSSR count). The van der Waals surface area contributed by atoms with Gasteiger partial charge in [0.2, 0.25) is 12.5 Å². The number of amides is 1. The molecule has 1 aromatic rings. The van der Waals surface area contributed by atoms with E-state index >= 15 is 0 Å². The molecule has 104 valence electrons. The van der Waals surface area contributed by atoms with Crippen LogP contribution in [0.1, 0.15) is 24.2 Å². The predicted octanol–water partition coefficient (Wildman–Crippen LogP) is 1.49. The lowest BCUT2D eigenvalue weighted by atomic mass is 9.83. The third-order valence-electron chi connectivity index (χ3n) is 4.87. The molecule has 0 unspecified atom stereocenters. The molecule has 0 saturated heterocycles. The number of hydrogen-bond donors (Lipinski definition) is 0. The number of carbonyl (C=O) groups is 1. The standard InChI is InChI=1S/C14H14N2O4/c17-12-7-11-10(8-16(18)19)1-4-14(11)13-9(3-6-20-13)2-5-15(12)14/h3,6-7,10H,1-2,4-5,8H2/t10-,14+/m0/s1. The van der Waals surface area contributed by atoms with Crippen LogP contribution in [0.4, 0.5) is 0 Å². The zero-order valence-electron chi connectivity index (χ0n) is 10.9. The van der Waals surface area contributed by atoms with Gasteiger partial charge in [-0.3, -0.25) is 14.9 Å². The highest BCUT2D eigenvalue weighted by molar-refractivity contribution is 5.94. The van der Waals surface area contributed by atoms with Crippen molar-refractivity contribution in [1.82, 2.24) is 4.90 Å². The van der Waals surface area contributed by atoms with Crippen LogP contribution in [0.2, 0.25) is 0 Å². The molecule has 1 aromatic heterocycles. The van der Waals surface area contributed by atoms with Crippen LogP contribution in [-0.4, -0.2) is 28.8 Å². The van der Waals surface area contributed by atoms with Crippen LogP contribution in [0.25, 0.3) is 0 Å². The molecule has 0 aromatic carbocycles. The van der Waals surface area contributed by atoms with Crippen LogP contribution in [0.15, 0.2) is 28.4 Å². The fraction of sp³-hybridized carbons (Fsp3) is 0.500. The predicted molar refractivity (Wildman–Crippen MR) is 68.5 cm³/mol. The highest BCUT2D eigenvalue weighted by Crippen LogP contribution is 2.56. The summed E-state index contributed by atoms with van der Waals surface area (Å²) in [6, 6.07) is 1.95. The van der Waals surface area contributed by atoms with Crippen LogP contribution < -0.4 is 0 Å². The average Bonchev–Trinajstić information content (AvgIpc) is 3.04. The topological polar surface area (TPSA) is 76.6 Å². The average molecular weight is 274 g/mol. The number of fused-ring (bicyclic) bond motifs is 1. The highest BCUT2D eigenvalue weighted by Gasteiger charge is 2.59. The second-order valence-corrected chi connectivity index (χ2v) is 5.73. The minimum absolute atomic E-state index is 0.0323. The molecule has 6 nitrogen and oxygen atoms in total. The van der Waals surface area contributed by atoms with Crippen molar-refractivity contribution < 1.29 is 14.1 Å². The summed E-state index contributed by atoms with van der Waals surface area (Å²) >= 11 is 0. The van der Waals surface area contributed by atoms with Crippen LogP contribution in [0, 0.1) is 16.0 Å². The van der Waals surface area contributed by atoms with Crippen LogP contribution in [-0.2, 0) is 16.8 Å². The molecule has 1 saturated carbocycles. The lowest BCUT2D eigenvalue weighted by molar-refractivity contribution is -0.486. The maximum absolute atomic E-state index is 12.2. The first-order valence-electron chi connectivity index (χ1n) is 6.85. The number of rotatable bonds is 2. The highest BCUT2D eigenvalue weighted by atomic mass is 16.6. The first-order valence-corrected chi connectivity index (χ1v) is 6.85. The summed E-state index contributed by atoms with van der Waals surface area (Å²) in [6.45, 7) is 0.557. The van der Waals surface area contributed by atoms with Gasteiger partial charge in [-0.25, -0.2) is 0 Å². The normalized spacial score (nSPS) is 30.8. The maximum Gasteiger partial charge on any atom is 0.247 e. The Morgan fingerprint density at radius 2 is 2.40 bits per heavy atom. The third-order valence-corrected chi connectivity index (χ3v) is 4.87. The van der Waals surface area contributed by atoms with Gasteiger partial charge in [0.25, 0.3) is 0 Å². The van der Waals surface area contributed by atoms with Gasteiger partial charge in [0, 0.05) is 23.5 Å². The van der Waals surface area contributed by atoms with Crippen LogP contribution in [0.5, 0.6) is 0 Å². The Balaban J connectivity index is 1.84. The SMILES string of the molecule is O=C1C=C2[C@H](C[N+](=O)[O-])CC[C@]23c2occc2CCN13. The van der Waals surface area contributed by atoms with E-state index in [1.54, 1.807) is 12.3 Å². The van der Waals surface area contributed by atoms with Gasteiger partial charge in [-0.2, -0.15) is 0 Å². The Hall–Kier alpha value is -2.11. The Morgan fingerprint density at radius 1 is 1.55 bits per heavy atom. The molecule has 1 aliphatic carbocycles. The van der Waals surface area contributed by atoms with Gasteiger partial charge in [-0.05, 0) is 36.5 Å². The van der Waals surface area contributed by atoms with E-state index < -0.39 is 5.54 Å². The Kier molecular flexibility index (Phi) is 2.17. The number of furan rings is 1. The molecule has 6 heteroatoms. The van der Waals surface area contributed by atoms with E-state index in [1.165, 1.54) is 0 Å². The van der Waals surface area contributed by atoms with Crippen molar-refractivity contribution >= 4 is 5.91 Å². The Labute approximate surface area is 115 Å². The van der Waals surface area contributed by atoms with Gasteiger partial charge in [0.05, 0.1) is 6.26 Å². The molecule has 1 amide bonds. The minimum atomic E-state index is -0.533. The van der Waals surface area contributed by atoms with Crippen molar-refractivity contribution in [2.75, 3.05) is 13.1 Å². The summed E-state index contributed by atoms with van der Waals surface area (Å²) in [6.07, 6.45) is 5.52. The molecule has 0 radical (unpaired) electrons. The van der Waals surface area contributed by atoms with E-state index in [4.69, 9.17) is 4.42 Å². The smallest absolute Gasteiger partial charge is 0.247 e. The lowest BCUT2D eigenvalue weighted by Crippen LogP contribution is -2.48.